The molecule has 0 spiro atoms. The summed E-state index contributed by atoms with van der Waals surface area (Å²) in [6, 6.07) is 11.0. The van der Waals surface area contributed by atoms with Gasteiger partial charge in [0, 0.05) is 18.0 Å². The van der Waals surface area contributed by atoms with Crippen molar-refractivity contribution in [3.05, 3.63) is 59.8 Å². The van der Waals surface area contributed by atoms with E-state index in [1.807, 2.05) is 31.2 Å². The zero-order chi connectivity index (χ0) is 17.0. The lowest BCUT2D eigenvalue weighted by Crippen LogP contribution is -2.17. The van der Waals surface area contributed by atoms with Gasteiger partial charge in [-0.2, -0.15) is 0 Å². The Morgan fingerprint density at radius 1 is 1.22 bits per heavy atom. The van der Waals surface area contributed by atoms with E-state index in [4.69, 9.17) is 40.5 Å². The van der Waals surface area contributed by atoms with Crippen LogP contribution in [0.4, 0.5) is 11.5 Å². The lowest BCUT2D eigenvalue weighted by Gasteiger charge is -2.14. The number of hydrogen-bond donors (Lipinski definition) is 2. The molecule has 3 N–H and O–H groups in total. The molecular formula is C16H14Cl3N3O. The molecule has 0 aliphatic rings. The Labute approximate surface area is 149 Å². The van der Waals surface area contributed by atoms with Crippen LogP contribution in [0.15, 0.2) is 48.7 Å². The number of nitrogens with two attached hydrogens (primary N) is 1. The Morgan fingerprint density at radius 3 is 2.43 bits per heavy atom. The van der Waals surface area contributed by atoms with Crippen molar-refractivity contribution in [1.82, 2.24) is 4.98 Å². The standard InChI is InChI=1S/C16H14Cl3N3O/c1-10-4-6-11(7-5-10)13(9-14(23)16(17,18)19)22-12-3-2-8-21-15(12)20/h2-9,22H,1H3,(H2,20,21)/b13-9+. The van der Waals surface area contributed by atoms with Gasteiger partial charge in [0.15, 0.2) is 0 Å². The number of aryl methyl sites for hydroxylation is 1. The van der Waals surface area contributed by atoms with Gasteiger partial charge in [-0.05, 0) is 24.6 Å². The summed E-state index contributed by atoms with van der Waals surface area (Å²) in [4.78, 5) is 16.0. The van der Waals surface area contributed by atoms with Crippen LogP contribution in [0, 0.1) is 6.92 Å². The predicted molar refractivity (Wildman–Crippen MR) is 96.7 cm³/mol. The number of anilines is 2. The van der Waals surface area contributed by atoms with Crippen molar-refractivity contribution in [3.8, 4) is 0 Å². The van der Waals surface area contributed by atoms with Gasteiger partial charge in [-0.15, -0.1) is 0 Å². The maximum absolute atomic E-state index is 12.0. The molecule has 0 aliphatic heterocycles. The minimum Gasteiger partial charge on any atom is -0.382 e. The van der Waals surface area contributed by atoms with Gasteiger partial charge in [-0.1, -0.05) is 64.6 Å². The third-order valence-corrected chi connectivity index (χ3v) is 3.58. The molecule has 4 nitrogen and oxygen atoms in total. The molecule has 23 heavy (non-hydrogen) atoms. The Balaban J connectivity index is 2.43. The molecule has 7 heteroatoms. The van der Waals surface area contributed by atoms with Crippen molar-refractivity contribution in [1.29, 1.82) is 0 Å². The summed E-state index contributed by atoms with van der Waals surface area (Å²) in [6.07, 6.45) is 2.81. The molecule has 1 aromatic carbocycles. The molecule has 0 bridgehead atoms. The SMILES string of the molecule is Cc1ccc(/C(=C\C(=O)C(Cl)(Cl)Cl)Nc2cccnc2N)cc1. The van der Waals surface area contributed by atoms with E-state index in [0.29, 0.717) is 17.2 Å². The highest BCUT2D eigenvalue weighted by atomic mass is 35.6. The minimum absolute atomic E-state index is 0.298. The van der Waals surface area contributed by atoms with E-state index >= 15 is 0 Å². The second-order valence-corrected chi connectivity index (χ2v) is 7.13. The maximum atomic E-state index is 12.0. The summed E-state index contributed by atoms with van der Waals surface area (Å²) in [5.74, 6) is -0.361. The molecule has 0 saturated heterocycles. The number of aromatic nitrogens is 1. The van der Waals surface area contributed by atoms with Gasteiger partial charge in [0.05, 0.1) is 5.69 Å². The largest absolute Gasteiger partial charge is 0.382 e. The number of rotatable bonds is 4. The highest BCUT2D eigenvalue weighted by Crippen LogP contribution is 2.30. The van der Waals surface area contributed by atoms with Gasteiger partial charge >= 0.3 is 0 Å². The maximum Gasteiger partial charge on any atom is 0.252 e. The number of halogens is 3. The number of alkyl halides is 3. The second-order valence-electron chi connectivity index (χ2n) is 4.85. The number of hydrogen-bond acceptors (Lipinski definition) is 4. The number of nitrogens with zero attached hydrogens (tertiary/aromatic N) is 1. The molecule has 2 aromatic rings. The van der Waals surface area contributed by atoms with E-state index in [2.05, 4.69) is 10.3 Å². The van der Waals surface area contributed by atoms with Gasteiger partial charge in [-0.25, -0.2) is 4.98 Å². The first-order chi connectivity index (χ1) is 10.8. The van der Waals surface area contributed by atoms with E-state index in [9.17, 15) is 4.79 Å². The van der Waals surface area contributed by atoms with Crippen molar-refractivity contribution in [2.45, 2.75) is 10.7 Å². The first-order valence-corrected chi connectivity index (χ1v) is 7.78. The minimum atomic E-state index is -2.03. The van der Waals surface area contributed by atoms with Crippen molar-refractivity contribution in [2.24, 2.45) is 0 Å². The van der Waals surface area contributed by atoms with E-state index < -0.39 is 9.58 Å². The number of benzene rings is 1. The number of carbonyl (C=O) groups excluding carboxylic acids is 1. The fourth-order valence-electron chi connectivity index (χ4n) is 1.81. The number of carbonyl (C=O) groups is 1. The van der Waals surface area contributed by atoms with Gasteiger partial charge < -0.3 is 11.1 Å². The number of nitrogens with one attached hydrogen (secondary N) is 1. The van der Waals surface area contributed by atoms with E-state index in [0.717, 1.165) is 11.1 Å². The molecule has 0 aliphatic carbocycles. The topological polar surface area (TPSA) is 68.0 Å². The van der Waals surface area contributed by atoms with E-state index in [1.54, 1.807) is 18.3 Å². The van der Waals surface area contributed by atoms with Gasteiger partial charge in [0.1, 0.15) is 5.82 Å². The fourth-order valence-corrected chi connectivity index (χ4v) is 1.97. The average molecular weight is 371 g/mol. The third kappa shape index (κ3) is 4.86. The summed E-state index contributed by atoms with van der Waals surface area (Å²) in [5, 5.41) is 3.06. The lowest BCUT2D eigenvalue weighted by molar-refractivity contribution is -0.113. The molecule has 0 radical (unpaired) electrons. The molecular weight excluding hydrogens is 357 g/mol. The Kier molecular flexibility index (Phi) is 5.52. The molecule has 2 rings (SSSR count). The van der Waals surface area contributed by atoms with Crippen LogP contribution in [0.5, 0.6) is 0 Å². The van der Waals surface area contributed by atoms with Gasteiger partial charge in [-0.3, -0.25) is 4.79 Å². The number of allylic oxidation sites excluding steroid dienone is 1. The molecule has 0 fully saturated rings. The zero-order valence-electron chi connectivity index (χ0n) is 12.2. The molecule has 1 heterocycles. The molecule has 0 amide bonds. The third-order valence-electron chi connectivity index (χ3n) is 3.03. The summed E-state index contributed by atoms with van der Waals surface area (Å²) in [6.45, 7) is 1.96. The number of pyridine rings is 1. The first kappa shape index (κ1) is 17.6. The van der Waals surface area contributed by atoms with Crippen LogP contribution in [0.3, 0.4) is 0 Å². The Hall–Kier alpha value is -1.75. The zero-order valence-corrected chi connectivity index (χ0v) is 14.5. The normalized spacial score (nSPS) is 12.1. The highest BCUT2D eigenvalue weighted by Gasteiger charge is 2.29. The fraction of sp³-hybridized carbons (Fsp3) is 0.125. The average Bonchev–Trinajstić information content (AvgIpc) is 2.48. The van der Waals surface area contributed by atoms with Crippen LogP contribution in [0.2, 0.25) is 0 Å². The van der Waals surface area contributed by atoms with Gasteiger partial charge in [0.25, 0.3) is 3.79 Å². The van der Waals surface area contributed by atoms with Crippen molar-refractivity contribution >= 4 is 57.8 Å². The Bertz CT molecular complexity index is 737. The van der Waals surface area contributed by atoms with E-state index in [-0.39, 0.29) is 0 Å². The van der Waals surface area contributed by atoms with Gasteiger partial charge in [0.2, 0.25) is 5.78 Å². The highest BCUT2D eigenvalue weighted by molar-refractivity contribution is 6.77. The summed E-state index contributed by atoms with van der Waals surface area (Å²) in [7, 11) is 0. The van der Waals surface area contributed by atoms with Crippen LogP contribution in [-0.2, 0) is 4.79 Å². The van der Waals surface area contributed by atoms with Crippen LogP contribution in [0.1, 0.15) is 11.1 Å². The summed E-state index contributed by atoms with van der Waals surface area (Å²) < 4.78 is -2.03. The van der Waals surface area contributed by atoms with Crippen LogP contribution in [-0.4, -0.2) is 14.6 Å². The molecule has 0 atom stereocenters. The molecule has 0 unspecified atom stereocenters. The lowest BCUT2D eigenvalue weighted by atomic mass is 10.1. The summed E-state index contributed by atoms with van der Waals surface area (Å²) >= 11 is 16.9. The predicted octanol–water partition coefficient (Wildman–Crippen LogP) is 4.36. The molecule has 1 aromatic heterocycles. The first-order valence-electron chi connectivity index (χ1n) is 6.65. The second kappa shape index (κ2) is 7.21. The quantitative estimate of drug-likeness (QED) is 0.619. The number of nitrogen functional groups attached to an aromatic ring is 1. The van der Waals surface area contributed by atoms with Crippen LogP contribution in [0.25, 0.3) is 5.70 Å². The molecule has 120 valence electrons. The Morgan fingerprint density at radius 2 is 1.87 bits per heavy atom. The smallest absolute Gasteiger partial charge is 0.252 e. The summed E-state index contributed by atoms with van der Waals surface area (Å²) in [5.41, 5.74) is 8.67. The van der Waals surface area contributed by atoms with E-state index in [1.165, 1.54) is 6.08 Å². The monoisotopic (exact) mass is 369 g/mol. The molecule has 0 saturated carbocycles. The van der Waals surface area contributed by atoms with Crippen molar-refractivity contribution < 1.29 is 4.79 Å². The van der Waals surface area contributed by atoms with Crippen molar-refractivity contribution in [3.63, 3.8) is 0 Å². The van der Waals surface area contributed by atoms with Crippen molar-refractivity contribution in [2.75, 3.05) is 11.1 Å². The van der Waals surface area contributed by atoms with Crippen LogP contribution >= 0.6 is 34.8 Å². The number of ketones is 1. The van der Waals surface area contributed by atoms with Crippen LogP contribution < -0.4 is 11.1 Å².